The van der Waals surface area contributed by atoms with Crippen LogP contribution < -0.4 is 55.3 Å². The Morgan fingerprint density at radius 3 is 0.938 bits per heavy atom. The summed E-state index contributed by atoms with van der Waals surface area (Å²) in [4.78, 5) is 104. The Morgan fingerprint density at radius 2 is 0.659 bits per heavy atom. The van der Waals surface area contributed by atoms with E-state index in [-0.39, 0.29) is 46.0 Å². The molecule has 710 valence electrons. The van der Waals surface area contributed by atoms with Gasteiger partial charge >= 0.3 is 0 Å². The lowest BCUT2D eigenvalue weighted by molar-refractivity contribution is 0.0146. The topological polar surface area (TPSA) is 473 Å². The van der Waals surface area contributed by atoms with Crippen molar-refractivity contribution in [1.82, 2.24) is 49.8 Å². The van der Waals surface area contributed by atoms with Crippen molar-refractivity contribution in [2.24, 2.45) is 73.5 Å². The van der Waals surface area contributed by atoms with E-state index >= 15 is 0 Å². The molecule has 0 radical (unpaired) electrons. The Labute approximate surface area is 765 Å². The Balaban J connectivity index is 0.000000138. The second-order valence-corrected chi connectivity index (χ2v) is 41.9. The third-order valence-electron chi connectivity index (χ3n) is 31.0. The Hall–Kier alpha value is -8.45. The van der Waals surface area contributed by atoms with E-state index in [0.29, 0.717) is 130 Å². The van der Waals surface area contributed by atoms with Crippen LogP contribution in [-0.4, -0.2) is 170 Å². The number of carbonyl (C=O) groups excluding carboxylic acids is 5. The van der Waals surface area contributed by atoms with Crippen molar-refractivity contribution in [3.8, 4) is 0 Å². The maximum Gasteiger partial charge on any atom is 0.252 e. The first-order chi connectivity index (χ1) is 61.9. The van der Waals surface area contributed by atoms with Crippen LogP contribution in [0.4, 0.5) is 29.7 Å². The summed E-state index contributed by atoms with van der Waals surface area (Å²) in [7, 11) is 0. The number of amides is 5. The van der Waals surface area contributed by atoms with Crippen LogP contribution >= 0.6 is 0 Å². The summed E-state index contributed by atoms with van der Waals surface area (Å²) in [5.41, 5.74) is 35.1. The van der Waals surface area contributed by atoms with Gasteiger partial charge in [-0.2, -0.15) is 0 Å². The number of primary amides is 5. The number of aliphatic hydroxyl groups excluding tert-OH is 2. The van der Waals surface area contributed by atoms with E-state index < -0.39 is 29.5 Å². The molecule has 30 nitrogen and oxygen atoms in total. The van der Waals surface area contributed by atoms with Crippen LogP contribution in [0.3, 0.4) is 0 Å². The number of fused-ring (bicyclic) bond motifs is 1. The summed E-state index contributed by atoms with van der Waals surface area (Å²) in [5, 5.41) is 36.7. The summed E-state index contributed by atoms with van der Waals surface area (Å²) in [5.74, 6) is 3.00. The molecule has 4 atom stereocenters. The van der Waals surface area contributed by atoms with Gasteiger partial charge < -0.3 is 79.7 Å². The number of anilines is 5. The predicted molar refractivity (Wildman–Crippen MR) is 501 cm³/mol. The highest BCUT2D eigenvalue weighted by Crippen LogP contribution is 2.60. The highest BCUT2D eigenvalue weighted by molar-refractivity contribution is 5.96. The van der Waals surface area contributed by atoms with Crippen molar-refractivity contribution in [2.75, 3.05) is 39.8 Å². The number of hydrogen-bond acceptors (Lipinski definition) is 25. The van der Waals surface area contributed by atoms with Crippen LogP contribution in [0.15, 0.2) is 31.0 Å². The van der Waals surface area contributed by atoms with Gasteiger partial charge in [0.2, 0.25) is 29.7 Å². The molecule has 30 heteroatoms. The maximum atomic E-state index is 11.9. The number of hydrogen-bond donors (Lipinski definition) is 12. The molecule has 129 heavy (non-hydrogen) atoms. The van der Waals surface area contributed by atoms with Crippen LogP contribution in [0, 0.1) is 44.8 Å². The van der Waals surface area contributed by atoms with E-state index in [1.54, 1.807) is 18.6 Å². The molecule has 13 aliphatic carbocycles. The minimum Gasteiger partial charge on any atom is -0.393 e. The molecule has 0 saturated heterocycles. The molecule has 0 aliphatic heterocycles. The van der Waals surface area contributed by atoms with E-state index in [9.17, 15) is 34.2 Å². The number of carbonyl (C=O) groups is 5. The third-order valence-corrected chi connectivity index (χ3v) is 31.0. The lowest BCUT2D eigenvalue weighted by Crippen LogP contribution is -2.33. The second-order valence-electron chi connectivity index (χ2n) is 41.9. The molecule has 5 aromatic heterocycles. The van der Waals surface area contributed by atoms with Gasteiger partial charge in [-0.3, -0.25) is 24.0 Å². The Morgan fingerprint density at radius 1 is 0.364 bits per heavy atom. The standard InChI is InChI=1S/C22H34N4O2.C21H34N4O2.C20H30N4O2.2C18H28N4O2/c1-2-22(11-3-4-12-22)13-19-18(20(23)27)14-24-21(26-19)25-15-5-7-16(8-6-15)28-17-9-10-17;1-3-21(11-5-6-12-21)13-18-17(19(22)26)14-23-20(25-18)24-15-7-9-16(10-8-15)27-4-2;1-2-26-15-5-3-14(4-6-15)23-19-22-12-16(18(21)25)17(24-19)11-20-8-7-13(9-20)10-20;2*1-18(2,11-6-7-11)9-15-14(16(19)24)10-20-17(22-15)21-12-4-3-5-13(23)8-12/h14-17H,2-13H2,1H3,(H2,23,27)(H,24,25,26);14-16H,3-13H2,1-2H3,(H2,22,26)(H,23,24,25);12-15H,2-11H2,1H3,(H2,21,25)(H,22,23,24);2*10-13,23H,3-9H2,1-2H3,(H2,19,24)(H,20,21,22)/t;;;12-,13+;12-,13-/m...11/s1. The lowest BCUT2D eigenvalue weighted by atomic mass is 9.67. The first-order valence-corrected chi connectivity index (χ1v) is 49.7. The number of rotatable bonds is 35. The second kappa shape index (κ2) is 44.9. The normalized spacial score (nSPS) is 26.8. The molecule has 17 N–H and O–H groups in total. The van der Waals surface area contributed by atoms with Gasteiger partial charge in [0.25, 0.3) is 29.5 Å². The smallest absolute Gasteiger partial charge is 0.252 e. The molecule has 5 heterocycles. The third kappa shape index (κ3) is 28.1. The number of nitrogens with two attached hydrogens (primary N) is 5. The molecule has 5 amide bonds. The molecule has 5 aromatic rings. The first-order valence-electron chi connectivity index (χ1n) is 49.7. The van der Waals surface area contributed by atoms with Gasteiger partial charge in [-0.05, 0) is 309 Å². The minimum atomic E-state index is -0.476. The average Bonchev–Trinajstić information content (AvgIpc) is 1.60. The van der Waals surface area contributed by atoms with E-state index in [1.165, 1.54) is 128 Å². The van der Waals surface area contributed by atoms with E-state index in [4.69, 9.17) is 57.8 Å². The monoisotopic (exact) mass is 1780 g/mol. The first kappa shape index (κ1) is 98.1. The van der Waals surface area contributed by atoms with Crippen LogP contribution in [0.1, 0.15) is 392 Å². The zero-order valence-corrected chi connectivity index (χ0v) is 78.7. The van der Waals surface area contributed by atoms with Gasteiger partial charge in [-0.15, -0.1) is 0 Å². The zero-order valence-electron chi connectivity index (χ0n) is 78.7. The van der Waals surface area contributed by atoms with Crippen LogP contribution in [0.2, 0.25) is 0 Å². The molecule has 0 spiro atoms. The SMILES string of the molecule is CC(C)(Cc1nc(N[C@@H]2CCC[C@@H](O)C2)ncc1C(N)=O)C1CC1.CC(C)(Cc1nc(N[C@@H]2CCC[C@H](O)C2)ncc1C(N)=O)C1CC1.CCC1(Cc2nc(NC3CCC(OC4CC4)CC3)ncc2C(N)=O)CCCC1.CCOC1CCC(Nc2ncc(C(N)=O)c(CC3(CC)CCCC3)n2)CC1.CCOC1CCC(Nc2ncc(C(N)=O)c(CC34CCC(C3)C4)n2)CC1. The Bertz CT molecular complexity index is 4400. The van der Waals surface area contributed by atoms with Crippen molar-refractivity contribution in [2.45, 2.75) is 411 Å². The fraction of sp³-hybridized carbons (Fsp3) is 0.747. The molecule has 18 rings (SSSR count). The van der Waals surface area contributed by atoms with E-state index in [2.05, 4.69) is 103 Å². The summed E-state index contributed by atoms with van der Waals surface area (Å²) in [6.45, 7) is 19.1. The van der Waals surface area contributed by atoms with Gasteiger partial charge in [0, 0.05) is 74.4 Å². The molecule has 13 saturated carbocycles. The average molecular weight is 1780 g/mol. The summed E-state index contributed by atoms with van der Waals surface area (Å²) in [6, 6.07) is 1.46. The number of aliphatic hydroxyl groups is 2. The molecular formula is C99H154N20O10. The van der Waals surface area contributed by atoms with Crippen molar-refractivity contribution in [3.05, 3.63) is 87.3 Å². The van der Waals surface area contributed by atoms with Crippen LogP contribution in [0.5, 0.6) is 0 Å². The van der Waals surface area contributed by atoms with Gasteiger partial charge in [0.05, 0.1) is 92.9 Å². The maximum absolute atomic E-state index is 11.9. The lowest BCUT2D eigenvalue weighted by Gasteiger charge is -2.38. The molecule has 13 aliphatic rings. The van der Waals surface area contributed by atoms with E-state index in [1.807, 2.05) is 13.8 Å². The molecule has 13 fully saturated rings. The van der Waals surface area contributed by atoms with Crippen LogP contribution in [-0.2, 0) is 46.3 Å². The minimum absolute atomic E-state index is 0.108. The number of ether oxygens (including phenoxy) is 3. The molecule has 0 aromatic carbocycles. The summed E-state index contributed by atoms with van der Waals surface area (Å²) < 4.78 is 17.5. The van der Waals surface area contributed by atoms with Crippen molar-refractivity contribution in [3.63, 3.8) is 0 Å². The Kier molecular flexibility index (Phi) is 34.1. The quantitative estimate of drug-likeness (QED) is 0.0179. The molecule has 2 bridgehead atoms. The molecule has 0 unspecified atom stereocenters. The molecular weight excluding hydrogens is 1630 g/mol. The summed E-state index contributed by atoms with van der Waals surface area (Å²) >= 11 is 0. The van der Waals surface area contributed by atoms with Gasteiger partial charge in [0.15, 0.2) is 0 Å². The number of nitrogens with zero attached hydrogens (tertiary/aromatic N) is 10. The fourth-order valence-corrected chi connectivity index (χ4v) is 22.5. The number of nitrogens with one attached hydrogen (secondary N) is 5. The largest absolute Gasteiger partial charge is 0.393 e. The predicted octanol–water partition coefficient (Wildman–Crippen LogP) is 15.4. The van der Waals surface area contributed by atoms with Crippen molar-refractivity contribution >= 4 is 59.3 Å². The van der Waals surface area contributed by atoms with Gasteiger partial charge in [0.1, 0.15) is 0 Å². The highest BCUT2D eigenvalue weighted by atomic mass is 16.5. The highest BCUT2D eigenvalue weighted by Gasteiger charge is 2.51. The van der Waals surface area contributed by atoms with Gasteiger partial charge in [-0.25, -0.2) is 49.8 Å². The summed E-state index contributed by atoms with van der Waals surface area (Å²) in [6.07, 6.45) is 57.8. The number of aromatic nitrogens is 10. The fourth-order valence-electron chi connectivity index (χ4n) is 22.5. The van der Waals surface area contributed by atoms with Crippen molar-refractivity contribution < 1.29 is 48.4 Å². The van der Waals surface area contributed by atoms with Gasteiger partial charge in [-0.1, -0.05) is 80.1 Å². The van der Waals surface area contributed by atoms with E-state index in [0.717, 1.165) is 208 Å². The van der Waals surface area contributed by atoms with Crippen molar-refractivity contribution in [1.29, 1.82) is 0 Å². The zero-order chi connectivity index (χ0) is 91.6. The van der Waals surface area contributed by atoms with Crippen LogP contribution in [0.25, 0.3) is 0 Å².